The van der Waals surface area contributed by atoms with E-state index in [-0.39, 0.29) is 0 Å². The Kier molecular flexibility index (Phi) is 3.32. The maximum absolute atomic E-state index is 11.7. The highest BCUT2D eigenvalue weighted by Gasteiger charge is 2.13. The number of H-pyrrole nitrogens is 1. The highest BCUT2D eigenvalue weighted by Crippen LogP contribution is 2.24. The standard InChI is InChI=1S/C13H13NO4/c1-3-17-13(16)11-7-14-12-5-4-9(6-10(11)12)18-8(2)15/h4-7,14H,3H2,1-2H3. The van der Waals surface area contributed by atoms with Gasteiger partial charge in [0.15, 0.2) is 0 Å². The van der Waals surface area contributed by atoms with E-state index in [9.17, 15) is 9.59 Å². The van der Waals surface area contributed by atoms with Gasteiger partial charge < -0.3 is 14.5 Å². The number of hydrogen-bond donors (Lipinski definition) is 1. The van der Waals surface area contributed by atoms with Crippen molar-refractivity contribution in [3.63, 3.8) is 0 Å². The van der Waals surface area contributed by atoms with Crippen LogP contribution in [0.3, 0.4) is 0 Å². The molecule has 0 amide bonds. The van der Waals surface area contributed by atoms with Crippen molar-refractivity contribution in [3.8, 4) is 5.75 Å². The van der Waals surface area contributed by atoms with Crippen LogP contribution in [-0.4, -0.2) is 23.5 Å². The molecule has 0 saturated carbocycles. The molecule has 1 N–H and O–H groups in total. The van der Waals surface area contributed by atoms with Crippen molar-refractivity contribution in [2.24, 2.45) is 0 Å². The number of fused-ring (bicyclic) bond motifs is 1. The van der Waals surface area contributed by atoms with Crippen LogP contribution >= 0.6 is 0 Å². The monoisotopic (exact) mass is 247 g/mol. The molecule has 0 radical (unpaired) electrons. The molecule has 1 aromatic heterocycles. The fourth-order valence-electron chi connectivity index (χ4n) is 1.71. The van der Waals surface area contributed by atoms with E-state index in [0.717, 1.165) is 5.52 Å². The molecule has 0 atom stereocenters. The number of nitrogens with one attached hydrogen (secondary N) is 1. The number of esters is 2. The van der Waals surface area contributed by atoms with Crippen LogP contribution in [0.2, 0.25) is 0 Å². The SMILES string of the molecule is CCOC(=O)c1c[nH]c2ccc(OC(C)=O)cc12. The van der Waals surface area contributed by atoms with Gasteiger partial charge in [-0.1, -0.05) is 0 Å². The topological polar surface area (TPSA) is 68.4 Å². The van der Waals surface area contributed by atoms with E-state index >= 15 is 0 Å². The largest absolute Gasteiger partial charge is 0.462 e. The van der Waals surface area contributed by atoms with Gasteiger partial charge in [0.05, 0.1) is 12.2 Å². The van der Waals surface area contributed by atoms with Gasteiger partial charge in [-0.15, -0.1) is 0 Å². The highest BCUT2D eigenvalue weighted by molar-refractivity contribution is 6.04. The molecule has 0 fully saturated rings. The minimum absolute atomic E-state index is 0.315. The normalized spacial score (nSPS) is 10.3. The number of aromatic amines is 1. The first kappa shape index (κ1) is 12.2. The third kappa shape index (κ3) is 2.34. The predicted molar refractivity (Wildman–Crippen MR) is 65.6 cm³/mol. The van der Waals surface area contributed by atoms with E-state index in [1.165, 1.54) is 6.92 Å². The Labute approximate surface area is 104 Å². The van der Waals surface area contributed by atoms with Crippen molar-refractivity contribution in [1.82, 2.24) is 4.98 Å². The molecule has 2 aromatic rings. The van der Waals surface area contributed by atoms with Gasteiger partial charge in [0, 0.05) is 24.0 Å². The van der Waals surface area contributed by atoms with Crippen LogP contribution in [0.25, 0.3) is 10.9 Å². The molecule has 0 unspecified atom stereocenters. The van der Waals surface area contributed by atoms with E-state index < -0.39 is 11.9 Å². The molecule has 0 aliphatic carbocycles. The number of benzene rings is 1. The highest BCUT2D eigenvalue weighted by atomic mass is 16.5. The summed E-state index contributed by atoms with van der Waals surface area (Å²) in [5, 5.41) is 0.673. The fraction of sp³-hybridized carbons (Fsp3) is 0.231. The van der Waals surface area contributed by atoms with Crippen LogP contribution in [0.4, 0.5) is 0 Å². The molecule has 5 nitrogen and oxygen atoms in total. The van der Waals surface area contributed by atoms with Gasteiger partial charge in [0.2, 0.25) is 0 Å². The zero-order chi connectivity index (χ0) is 13.1. The molecule has 0 aliphatic heterocycles. The molecule has 0 saturated heterocycles. The second-order valence-corrected chi connectivity index (χ2v) is 3.72. The predicted octanol–water partition coefficient (Wildman–Crippen LogP) is 2.27. The average molecular weight is 247 g/mol. The Hall–Kier alpha value is -2.30. The number of ether oxygens (including phenoxy) is 2. The molecule has 1 aromatic carbocycles. The summed E-state index contributed by atoms with van der Waals surface area (Å²) in [5.74, 6) is -0.397. The van der Waals surface area contributed by atoms with Crippen LogP contribution in [0, 0.1) is 0 Å². The van der Waals surface area contributed by atoms with Crippen LogP contribution in [0.5, 0.6) is 5.75 Å². The first-order chi connectivity index (χ1) is 8.61. The summed E-state index contributed by atoms with van der Waals surface area (Å²) in [6.45, 7) is 3.39. The summed E-state index contributed by atoms with van der Waals surface area (Å²) in [6, 6.07) is 5.05. The number of rotatable bonds is 3. The Morgan fingerprint density at radius 2 is 2.11 bits per heavy atom. The quantitative estimate of drug-likeness (QED) is 0.667. The lowest BCUT2D eigenvalue weighted by molar-refractivity contribution is -0.131. The van der Waals surface area contributed by atoms with Crippen molar-refractivity contribution in [3.05, 3.63) is 30.0 Å². The lowest BCUT2D eigenvalue weighted by atomic mass is 10.1. The molecular weight excluding hydrogens is 234 g/mol. The number of aromatic nitrogens is 1. The maximum atomic E-state index is 11.7. The van der Waals surface area contributed by atoms with Crippen molar-refractivity contribution in [2.45, 2.75) is 13.8 Å². The average Bonchev–Trinajstić information content (AvgIpc) is 2.71. The van der Waals surface area contributed by atoms with Gasteiger partial charge in [0.25, 0.3) is 0 Å². The summed E-state index contributed by atoms with van der Waals surface area (Å²) in [6.07, 6.45) is 1.58. The zero-order valence-corrected chi connectivity index (χ0v) is 10.1. The summed E-state index contributed by atoms with van der Waals surface area (Å²) in [4.78, 5) is 25.6. The number of carbonyl (C=O) groups excluding carboxylic acids is 2. The minimum Gasteiger partial charge on any atom is -0.462 e. The number of hydrogen-bond acceptors (Lipinski definition) is 4. The summed E-state index contributed by atoms with van der Waals surface area (Å²) in [7, 11) is 0. The smallest absolute Gasteiger partial charge is 0.340 e. The summed E-state index contributed by atoms with van der Waals surface area (Å²) < 4.78 is 9.93. The molecule has 18 heavy (non-hydrogen) atoms. The summed E-state index contributed by atoms with van der Waals surface area (Å²) >= 11 is 0. The molecule has 2 rings (SSSR count). The van der Waals surface area contributed by atoms with E-state index in [4.69, 9.17) is 9.47 Å². The van der Waals surface area contributed by atoms with Crippen LogP contribution in [-0.2, 0) is 9.53 Å². The van der Waals surface area contributed by atoms with E-state index in [2.05, 4.69) is 4.98 Å². The summed E-state index contributed by atoms with van der Waals surface area (Å²) in [5.41, 5.74) is 1.22. The van der Waals surface area contributed by atoms with Gasteiger partial charge >= 0.3 is 11.9 Å². The molecule has 0 aliphatic rings. The molecule has 5 heteroatoms. The van der Waals surface area contributed by atoms with Crippen molar-refractivity contribution < 1.29 is 19.1 Å². The number of carbonyl (C=O) groups is 2. The minimum atomic E-state index is -0.400. The van der Waals surface area contributed by atoms with Crippen LogP contribution < -0.4 is 4.74 Å². The molecule has 0 bridgehead atoms. The fourth-order valence-corrected chi connectivity index (χ4v) is 1.71. The van der Waals surface area contributed by atoms with Gasteiger partial charge in [0.1, 0.15) is 5.75 Å². The molecule has 1 heterocycles. The van der Waals surface area contributed by atoms with Gasteiger partial charge in [-0.3, -0.25) is 4.79 Å². The van der Waals surface area contributed by atoms with E-state index in [1.807, 2.05) is 0 Å². The van der Waals surface area contributed by atoms with E-state index in [1.54, 1.807) is 31.3 Å². The second kappa shape index (κ2) is 4.91. The molecule has 0 spiro atoms. The van der Waals surface area contributed by atoms with Crippen LogP contribution in [0.1, 0.15) is 24.2 Å². The third-order valence-electron chi connectivity index (χ3n) is 2.41. The van der Waals surface area contributed by atoms with Gasteiger partial charge in [-0.05, 0) is 25.1 Å². The molecular formula is C13H13NO4. The maximum Gasteiger partial charge on any atom is 0.340 e. The third-order valence-corrected chi connectivity index (χ3v) is 2.41. The second-order valence-electron chi connectivity index (χ2n) is 3.72. The Balaban J connectivity index is 2.43. The first-order valence-electron chi connectivity index (χ1n) is 5.58. The first-order valence-corrected chi connectivity index (χ1v) is 5.58. The van der Waals surface area contributed by atoms with Crippen molar-refractivity contribution in [1.29, 1.82) is 0 Å². The van der Waals surface area contributed by atoms with Gasteiger partial charge in [-0.25, -0.2) is 4.79 Å². The van der Waals surface area contributed by atoms with Crippen molar-refractivity contribution in [2.75, 3.05) is 6.61 Å². The Morgan fingerprint density at radius 1 is 1.33 bits per heavy atom. The molecule has 94 valence electrons. The Bertz CT molecular complexity index is 600. The van der Waals surface area contributed by atoms with Gasteiger partial charge in [-0.2, -0.15) is 0 Å². The van der Waals surface area contributed by atoms with E-state index in [0.29, 0.717) is 23.3 Å². The lowest BCUT2D eigenvalue weighted by Crippen LogP contribution is -2.04. The van der Waals surface area contributed by atoms with Crippen LogP contribution in [0.15, 0.2) is 24.4 Å². The Morgan fingerprint density at radius 3 is 2.78 bits per heavy atom. The zero-order valence-electron chi connectivity index (χ0n) is 10.1. The van der Waals surface area contributed by atoms with Crippen molar-refractivity contribution >= 4 is 22.8 Å². The lowest BCUT2D eigenvalue weighted by Gasteiger charge is -2.02.